The van der Waals surface area contributed by atoms with Gasteiger partial charge < -0.3 is 5.32 Å². The van der Waals surface area contributed by atoms with E-state index in [0.717, 1.165) is 27.7 Å². The molecular weight excluding hydrogens is 373 g/mol. The van der Waals surface area contributed by atoms with Crippen LogP contribution in [0.5, 0.6) is 0 Å². The van der Waals surface area contributed by atoms with Gasteiger partial charge in [0, 0.05) is 9.26 Å². The second kappa shape index (κ2) is 7.59. The smallest absolute Gasteiger partial charge is 0.256 e. The van der Waals surface area contributed by atoms with Crippen LogP contribution in [-0.2, 0) is 6.42 Å². The number of halogens is 1. The molecule has 0 aliphatic rings. The van der Waals surface area contributed by atoms with Crippen LogP contribution in [0.3, 0.4) is 0 Å². The maximum absolute atomic E-state index is 12.4. The molecule has 2 aromatic rings. The average Bonchev–Trinajstić information content (AvgIpc) is 2.46. The topological polar surface area (TPSA) is 29.1 Å². The van der Waals surface area contributed by atoms with E-state index in [0.29, 0.717) is 5.92 Å². The molecule has 0 heterocycles. The lowest BCUT2D eigenvalue weighted by atomic mass is 10.0. The van der Waals surface area contributed by atoms with Crippen LogP contribution in [-0.4, -0.2) is 5.91 Å². The van der Waals surface area contributed by atoms with Gasteiger partial charge in [0.05, 0.1) is 5.56 Å². The largest absolute Gasteiger partial charge is 0.322 e. The SMILES string of the molecule is CC(C)CCc1ccccc1NC(=O)c1ccccc1I. The number of aryl methyl sites for hydroxylation is 1. The van der Waals surface area contributed by atoms with Gasteiger partial charge in [-0.1, -0.05) is 44.2 Å². The van der Waals surface area contributed by atoms with Gasteiger partial charge in [-0.3, -0.25) is 4.79 Å². The van der Waals surface area contributed by atoms with Crippen LogP contribution in [0.25, 0.3) is 0 Å². The van der Waals surface area contributed by atoms with Crippen LogP contribution < -0.4 is 5.32 Å². The molecule has 2 nitrogen and oxygen atoms in total. The van der Waals surface area contributed by atoms with Gasteiger partial charge in [0.1, 0.15) is 0 Å². The zero-order chi connectivity index (χ0) is 15.2. The lowest BCUT2D eigenvalue weighted by Crippen LogP contribution is -2.14. The number of hydrogen-bond donors (Lipinski definition) is 1. The van der Waals surface area contributed by atoms with Crippen molar-refractivity contribution in [1.82, 2.24) is 0 Å². The summed E-state index contributed by atoms with van der Waals surface area (Å²) in [5.41, 5.74) is 2.84. The first kappa shape index (κ1) is 16.0. The quantitative estimate of drug-likeness (QED) is 0.701. The third-order valence-corrected chi connectivity index (χ3v) is 4.32. The second-order valence-corrected chi connectivity index (χ2v) is 6.69. The van der Waals surface area contributed by atoms with E-state index in [4.69, 9.17) is 0 Å². The lowest BCUT2D eigenvalue weighted by Gasteiger charge is -2.12. The number of anilines is 1. The molecule has 0 aliphatic heterocycles. The molecule has 0 aliphatic carbocycles. The van der Waals surface area contributed by atoms with Crippen molar-refractivity contribution in [2.24, 2.45) is 5.92 Å². The fourth-order valence-corrected chi connectivity index (χ4v) is 2.77. The molecule has 0 spiro atoms. The Balaban J connectivity index is 2.16. The van der Waals surface area contributed by atoms with Gasteiger partial charge in [0.2, 0.25) is 0 Å². The summed E-state index contributed by atoms with van der Waals surface area (Å²) >= 11 is 2.19. The van der Waals surface area contributed by atoms with Crippen molar-refractivity contribution in [1.29, 1.82) is 0 Å². The summed E-state index contributed by atoms with van der Waals surface area (Å²) in [7, 11) is 0. The normalized spacial score (nSPS) is 10.7. The number of hydrogen-bond acceptors (Lipinski definition) is 1. The average molecular weight is 393 g/mol. The summed E-state index contributed by atoms with van der Waals surface area (Å²) in [6.45, 7) is 4.43. The Kier molecular flexibility index (Phi) is 5.79. The summed E-state index contributed by atoms with van der Waals surface area (Å²) < 4.78 is 0.965. The van der Waals surface area contributed by atoms with E-state index in [9.17, 15) is 4.79 Å². The van der Waals surface area contributed by atoms with Gasteiger partial charge in [-0.25, -0.2) is 0 Å². The van der Waals surface area contributed by atoms with E-state index in [1.165, 1.54) is 5.56 Å². The Morgan fingerprint density at radius 1 is 1.10 bits per heavy atom. The van der Waals surface area contributed by atoms with Crippen LogP contribution in [0.15, 0.2) is 48.5 Å². The first-order valence-corrected chi connectivity index (χ1v) is 8.29. The molecule has 0 bridgehead atoms. The number of benzene rings is 2. The number of amides is 1. The maximum atomic E-state index is 12.4. The Morgan fingerprint density at radius 2 is 1.76 bits per heavy atom. The second-order valence-electron chi connectivity index (χ2n) is 5.52. The predicted molar refractivity (Wildman–Crippen MR) is 96.7 cm³/mol. The molecule has 0 atom stereocenters. The third-order valence-electron chi connectivity index (χ3n) is 3.38. The van der Waals surface area contributed by atoms with Crippen molar-refractivity contribution >= 4 is 34.2 Å². The minimum absolute atomic E-state index is 0.0444. The van der Waals surface area contributed by atoms with Gasteiger partial charge in [-0.05, 0) is 65.1 Å². The summed E-state index contributed by atoms with van der Waals surface area (Å²) in [6, 6.07) is 15.7. The molecule has 0 radical (unpaired) electrons. The summed E-state index contributed by atoms with van der Waals surface area (Å²) in [6.07, 6.45) is 2.11. The Hall–Kier alpha value is -1.36. The Bertz CT molecular complexity index is 622. The lowest BCUT2D eigenvalue weighted by molar-refractivity contribution is 0.102. The van der Waals surface area contributed by atoms with E-state index in [-0.39, 0.29) is 5.91 Å². The fourth-order valence-electron chi connectivity index (χ4n) is 2.14. The van der Waals surface area contributed by atoms with Crippen molar-refractivity contribution < 1.29 is 4.79 Å². The summed E-state index contributed by atoms with van der Waals surface area (Å²) in [4.78, 5) is 12.4. The molecule has 0 saturated heterocycles. The highest BCUT2D eigenvalue weighted by atomic mass is 127. The van der Waals surface area contributed by atoms with Gasteiger partial charge in [-0.15, -0.1) is 0 Å². The van der Waals surface area contributed by atoms with Gasteiger partial charge in [0.15, 0.2) is 0 Å². The van der Waals surface area contributed by atoms with E-state index >= 15 is 0 Å². The van der Waals surface area contributed by atoms with Crippen LogP contribution in [0.1, 0.15) is 36.2 Å². The molecule has 2 aromatic carbocycles. The number of nitrogens with one attached hydrogen (secondary N) is 1. The van der Waals surface area contributed by atoms with E-state index in [2.05, 4.69) is 47.8 Å². The molecule has 0 aromatic heterocycles. The van der Waals surface area contributed by atoms with E-state index in [1.54, 1.807) is 0 Å². The van der Waals surface area contributed by atoms with Gasteiger partial charge >= 0.3 is 0 Å². The number of rotatable bonds is 5. The molecule has 1 amide bonds. The van der Waals surface area contributed by atoms with Crippen molar-refractivity contribution in [2.75, 3.05) is 5.32 Å². The van der Waals surface area contributed by atoms with Crippen molar-refractivity contribution in [3.05, 3.63) is 63.2 Å². The van der Waals surface area contributed by atoms with Crippen molar-refractivity contribution in [3.8, 4) is 0 Å². The maximum Gasteiger partial charge on any atom is 0.256 e. The minimum Gasteiger partial charge on any atom is -0.322 e. The van der Waals surface area contributed by atoms with Crippen LogP contribution in [0.4, 0.5) is 5.69 Å². The van der Waals surface area contributed by atoms with Crippen LogP contribution in [0.2, 0.25) is 0 Å². The molecule has 0 unspecified atom stereocenters. The van der Waals surface area contributed by atoms with E-state index < -0.39 is 0 Å². The van der Waals surface area contributed by atoms with Crippen molar-refractivity contribution in [3.63, 3.8) is 0 Å². The minimum atomic E-state index is -0.0444. The standard InChI is InChI=1S/C18H20INO/c1-13(2)11-12-14-7-3-6-10-17(14)20-18(21)15-8-4-5-9-16(15)19/h3-10,13H,11-12H2,1-2H3,(H,20,21). The third kappa shape index (κ3) is 4.56. The summed E-state index contributed by atoms with van der Waals surface area (Å²) in [5, 5.41) is 3.05. The monoisotopic (exact) mass is 393 g/mol. The van der Waals surface area contributed by atoms with Gasteiger partial charge in [-0.2, -0.15) is 0 Å². The molecule has 1 N–H and O–H groups in total. The van der Waals surface area contributed by atoms with Crippen LogP contribution >= 0.6 is 22.6 Å². The molecule has 0 fully saturated rings. The van der Waals surface area contributed by atoms with Crippen molar-refractivity contribution in [2.45, 2.75) is 26.7 Å². The first-order chi connectivity index (χ1) is 10.1. The Morgan fingerprint density at radius 3 is 2.48 bits per heavy atom. The molecule has 110 valence electrons. The fraction of sp³-hybridized carbons (Fsp3) is 0.278. The Labute approximate surface area is 140 Å². The molecule has 2 rings (SSSR count). The highest BCUT2D eigenvalue weighted by Gasteiger charge is 2.11. The van der Waals surface area contributed by atoms with Gasteiger partial charge in [0.25, 0.3) is 5.91 Å². The van der Waals surface area contributed by atoms with Crippen LogP contribution in [0, 0.1) is 9.49 Å². The first-order valence-electron chi connectivity index (χ1n) is 7.21. The highest BCUT2D eigenvalue weighted by molar-refractivity contribution is 14.1. The van der Waals surface area contributed by atoms with E-state index in [1.807, 2.05) is 42.5 Å². The zero-order valence-corrected chi connectivity index (χ0v) is 14.6. The molecular formula is C18H20INO. The number of carbonyl (C=O) groups is 1. The number of carbonyl (C=O) groups excluding carboxylic acids is 1. The molecule has 21 heavy (non-hydrogen) atoms. The summed E-state index contributed by atoms with van der Waals surface area (Å²) in [5.74, 6) is 0.612. The highest BCUT2D eigenvalue weighted by Crippen LogP contribution is 2.20. The molecule has 0 saturated carbocycles. The number of para-hydroxylation sites is 1. The predicted octanol–water partition coefficient (Wildman–Crippen LogP) is 5.13. The molecule has 3 heteroatoms. The zero-order valence-electron chi connectivity index (χ0n) is 12.4.